The molecular weight excluding hydrogens is 472 g/mol. The number of rotatable bonds is 5. The molecule has 1 saturated heterocycles. The Balaban J connectivity index is 1.22. The van der Waals surface area contributed by atoms with E-state index < -0.39 is 0 Å². The van der Waals surface area contributed by atoms with Crippen molar-refractivity contribution in [2.75, 3.05) is 38.0 Å². The van der Waals surface area contributed by atoms with Crippen LogP contribution in [0.5, 0.6) is 0 Å². The summed E-state index contributed by atoms with van der Waals surface area (Å²) in [5.74, 6) is -0.901. The predicted molar refractivity (Wildman–Crippen MR) is 131 cm³/mol. The van der Waals surface area contributed by atoms with Gasteiger partial charge >= 0.3 is 0 Å². The number of amides is 2. The number of aromatic nitrogens is 2. The van der Waals surface area contributed by atoms with Gasteiger partial charge in [-0.15, -0.1) is 11.3 Å². The van der Waals surface area contributed by atoms with Gasteiger partial charge in [0.15, 0.2) is 0 Å². The van der Waals surface area contributed by atoms with Crippen molar-refractivity contribution >= 4 is 39.1 Å². The molecule has 2 amide bonds. The van der Waals surface area contributed by atoms with Crippen molar-refractivity contribution in [2.45, 2.75) is 6.92 Å². The maximum absolute atomic E-state index is 13.3. The SMILES string of the molecule is Cc1nn(-c2ccc(F)cc2)c2sc(C(=O)N3CCN(CC(=O)Nc4ccc(F)cc4)CC3)cc12. The molecule has 1 aliphatic heterocycles. The lowest BCUT2D eigenvalue weighted by atomic mass is 10.2. The first-order valence-corrected chi connectivity index (χ1v) is 12.0. The molecule has 180 valence electrons. The van der Waals surface area contributed by atoms with Gasteiger partial charge in [-0.25, -0.2) is 13.5 Å². The Labute approximate surface area is 204 Å². The molecule has 0 bridgehead atoms. The van der Waals surface area contributed by atoms with E-state index in [9.17, 15) is 18.4 Å². The van der Waals surface area contributed by atoms with E-state index in [1.54, 1.807) is 21.7 Å². The molecule has 0 saturated carbocycles. The molecule has 0 spiro atoms. The van der Waals surface area contributed by atoms with E-state index in [0.717, 1.165) is 21.6 Å². The zero-order chi connectivity index (χ0) is 24.5. The number of nitrogens with zero attached hydrogens (tertiary/aromatic N) is 4. The topological polar surface area (TPSA) is 70.5 Å². The monoisotopic (exact) mass is 495 g/mol. The second-order valence-corrected chi connectivity index (χ2v) is 9.46. The number of carbonyl (C=O) groups excluding carboxylic acids is 2. The minimum absolute atomic E-state index is 0.0494. The van der Waals surface area contributed by atoms with Crippen LogP contribution in [0, 0.1) is 18.6 Å². The van der Waals surface area contributed by atoms with E-state index in [-0.39, 0.29) is 30.0 Å². The van der Waals surface area contributed by atoms with Crippen molar-refractivity contribution in [1.82, 2.24) is 19.6 Å². The quantitative estimate of drug-likeness (QED) is 0.453. The first-order valence-electron chi connectivity index (χ1n) is 11.2. The Kier molecular flexibility index (Phi) is 6.31. The number of thiophene rings is 1. The summed E-state index contributed by atoms with van der Waals surface area (Å²) < 4.78 is 28.1. The zero-order valence-electron chi connectivity index (χ0n) is 19.0. The van der Waals surface area contributed by atoms with Gasteiger partial charge in [-0.1, -0.05) is 0 Å². The van der Waals surface area contributed by atoms with Crippen molar-refractivity contribution in [3.8, 4) is 5.69 Å². The van der Waals surface area contributed by atoms with E-state index in [1.165, 1.54) is 47.7 Å². The van der Waals surface area contributed by atoms with Gasteiger partial charge in [0.2, 0.25) is 5.91 Å². The standard InChI is InChI=1S/C25H23F2N5O2S/c1-16-21-14-22(35-25(21)32(29-16)20-8-4-18(27)5-9-20)24(34)31-12-10-30(11-13-31)15-23(33)28-19-6-2-17(26)3-7-19/h2-9,14H,10-13,15H2,1H3,(H,28,33). The molecule has 2 aromatic heterocycles. The van der Waals surface area contributed by atoms with Crippen molar-refractivity contribution in [3.05, 3.63) is 76.8 Å². The molecule has 0 radical (unpaired) electrons. The molecule has 3 heterocycles. The van der Waals surface area contributed by atoms with E-state index in [0.29, 0.717) is 36.7 Å². The van der Waals surface area contributed by atoms with Crippen LogP contribution in [0.3, 0.4) is 0 Å². The second kappa shape index (κ2) is 9.55. The van der Waals surface area contributed by atoms with Gasteiger partial charge in [0.1, 0.15) is 16.5 Å². The summed E-state index contributed by atoms with van der Waals surface area (Å²) >= 11 is 1.37. The number of hydrogen-bond acceptors (Lipinski definition) is 5. The predicted octanol–water partition coefficient (Wildman–Crippen LogP) is 4.07. The molecule has 35 heavy (non-hydrogen) atoms. The number of fused-ring (bicyclic) bond motifs is 1. The molecule has 7 nitrogen and oxygen atoms in total. The first-order chi connectivity index (χ1) is 16.9. The lowest BCUT2D eigenvalue weighted by molar-refractivity contribution is -0.117. The Morgan fingerprint density at radius 2 is 1.60 bits per heavy atom. The number of carbonyl (C=O) groups is 2. The summed E-state index contributed by atoms with van der Waals surface area (Å²) in [5, 5.41) is 8.21. The average molecular weight is 496 g/mol. The van der Waals surface area contributed by atoms with Gasteiger partial charge in [0, 0.05) is 37.3 Å². The second-order valence-electron chi connectivity index (χ2n) is 8.43. The fraction of sp³-hybridized carbons (Fsp3) is 0.240. The van der Waals surface area contributed by atoms with E-state index >= 15 is 0 Å². The van der Waals surface area contributed by atoms with Crippen LogP contribution in [-0.2, 0) is 4.79 Å². The Bertz CT molecular complexity index is 1370. The molecular formula is C25H23F2N5O2S. The summed E-state index contributed by atoms with van der Waals surface area (Å²) in [5.41, 5.74) is 2.08. The molecule has 0 unspecified atom stereocenters. The zero-order valence-corrected chi connectivity index (χ0v) is 19.8. The van der Waals surface area contributed by atoms with Gasteiger partial charge in [-0.3, -0.25) is 14.5 Å². The number of hydrogen-bond donors (Lipinski definition) is 1. The Hall–Kier alpha value is -3.63. The first kappa shape index (κ1) is 23.1. The molecule has 0 aliphatic carbocycles. The van der Waals surface area contributed by atoms with Gasteiger partial charge in [-0.2, -0.15) is 5.10 Å². The van der Waals surface area contributed by atoms with E-state index in [4.69, 9.17) is 0 Å². The normalized spacial score (nSPS) is 14.4. The number of benzene rings is 2. The lowest BCUT2D eigenvalue weighted by Crippen LogP contribution is -2.50. The summed E-state index contributed by atoms with van der Waals surface area (Å²) in [4.78, 5) is 30.8. The Morgan fingerprint density at radius 3 is 2.26 bits per heavy atom. The van der Waals surface area contributed by atoms with Crippen LogP contribution in [0.1, 0.15) is 15.4 Å². The van der Waals surface area contributed by atoms with Crippen molar-refractivity contribution in [2.24, 2.45) is 0 Å². The number of piperazine rings is 1. The van der Waals surface area contributed by atoms with Crippen LogP contribution in [0.25, 0.3) is 15.9 Å². The number of aryl methyl sites for hydroxylation is 1. The maximum atomic E-state index is 13.3. The minimum Gasteiger partial charge on any atom is -0.335 e. The summed E-state index contributed by atoms with van der Waals surface area (Å²) in [6.45, 7) is 4.28. The van der Waals surface area contributed by atoms with E-state index in [1.807, 2.05) is 17.9 Å². The van der Waals surface area contributed by atoms with Gasteiger partial charge in [-0.05, 0) is 61.5 Å². The fourth-order valence-electron chi connectivity index (χ4n) is 4.11. The smallest absolute Gasteiger partial charge is 0.264 e. The third-order valence-corrected chi connectivity index (χ3v) is 7.08. The third kappa shape index (κ3) is 4.94. The van der Waals surface area contributed by atoms with Crippen LogP contribution >= 0.6 is 11.3 Å². The van der Waals surface area contributed by atoms with Gasteiger partial charge < -0.3 is 10.2 Å². The highest BCUT2D eigenvalue weighted by Gasteiger charge is 2.26. The van der Waals surface area contributed by atoms with E-state index in [2.05, 4.69) is 10.4 Å². The Morgan fingerprint density at radius 1 is 0.971 bits per heavy atom. The highest BCUT2D eigenvalue weighted by molar-refractivity contribution is 7.20. The highest BCUT2D eigenvalue weighted by atomic mass is 32.1. The summed E-state index contributed by atoms with van der Waals surface area (Å²) in [7, 11) is 0. The van der Waals surface area contributed by atoms with Crippen LogP contribution in [0.4, 0.5) is 14.5 Å². The molecule has 1 N–H and O–H groups in total. The molecule has 4 aromatic rings. The number of halogens is 2. The number of anilines is 1. The lowest BCUT2D eigenvalue weighted by Gasteiger charge is -2.34. The van der Waals surface area contributed by atoms with Crippen molar-refractivity contribution < 1.29 is 18.4 Å². The average Bonchev–Trinajstić information content (AvgIpc) is 3.42. The van der Waals surface area contributed by atoms with Crippen LogP contribution in [0.15, 0.2) is 54.6 Å². The number of nitrogens with one attached hydrogen (secondary N) is 1. The maximum Gasteiger partial charge on any atom is 0.264 e. The van der Waals surface area contributed by atoms with Gasteiger partial charge in [0.05, 0.1) is 22.8 Å². The summed E-state index contributed by atoms with van der Waals surface area (Å²) in [6.07, 6.45) is 0. The molecule has 1 fully saturated rings. The van der Waals surface area contributed by atoms with Crippen molar-refractivity contribution in [1.29, 1.82) is 0 Å². The molecule has 2 aromatic carbocycles. The fourth-order valence-corrected chi connectivity index (χ4v) is 5.26. The molecule has 1 aliphatic rings. The van der Waals surface area contributed by atoms with Crippen LogP contribution < -0.4 is 5.32 Å². The minimum atomic E-state index is -0.356. The molecule has 0 atom stereocenters. The van der Waals surface area contributed by atoms with Crippen LogP contribution in [0.2, 0.25) is 0 Å². The summed E-state index contributed by atoms with van der Waals surface area (Å²) in [6, 6.07) is 13.6. The third-order valence-electron chi connectivity index (χ3n) is 5.98. The highest BCUT2D eigenvalue weighted by Crippen LogP contribution is 2.31. The van der Waals surface area contributed by atoms with Crippen molar-refractivity contribution in [3.63, 3.8) is 0 Å². The van der Waals surface area contributed by atoms with Crippen LogP contribution in [-0.4, -0.2) is 64.1 Å². The largest absolute Gasteiger partial charge is 0.335 e. The van der Waals surface area contributed by atoms with Gasteiger partial charge in [0.25, 0.3) is 5.91 Å². The molecule has 5 rings (SSSR count). The molecule has 10 heteroatoms.